The maximum Gasteiger partial charge on any atom is 0.323 e. The average molecular weight is 240 g/mol. The zero-order valence-electron chi connectivity index (χ0n) is 9.88. The van der Waals surface area contributed by atoms with E-state index >= 15 is 0 Å². The number of hydrogen-bond donors (Lipinski definition) is 1. The van der Waals surface area contributed by atoms with E-state index in [0.717, 1.165) is 16.7 Å². The van der Waals surface area contributed by atoms with Gasteiger partial charge < -0.3 is 9.84 Å². The van der Waals surface area contributed by atoms with E-state index in [1.165, 1.54) is 0 Å². The first-order valence-electron chi connectivity index (χ1n) is 5.77. The van der Waals surface area contributed by atoms with Crippen LogP contribution in [-0.4, -0.2) is 11.1 Å². The van der Waals surface area contributed by atoms with Gasteiger partial charge in [-0.25, -0.2) is 0 Å². The van der Waals surface area contributed by atoms with Crippen LogP contribution in [0.3, 0.4) is 0 Å². The Morgan fingerprint density at radius 1 is 1.17 bits per heavy atom. The van der Waals surface area contributed by atoms with Gasteiger partial charge in [0.05, 0.1) is 0 Å². The molecule has 1 unspecified atom stereocenters. The number of hydrogen-bond acceptors (Lipinski definition) is 3. The molecular formula is C15H12O3. The first-order chi connectivity index (χ1) is 8.66. The highest BCUT2D eigenvalue weighted by Gasteiger charge is 2.34. The fraction of sp³-hybridized carbons (Fsp3) is 0.133. The van der Waals surface area contributed by atoms with Gasteiger partial charge in [-0.15, -0.1) is 0 Å². The molecule has 0 saturated heterocycles. The van der Waals surface area contributed by atoms with Gasteiger partial charge in [0, 0.05) is 5.56 Å². The molecule has 0 saturated carbocycles. The number of carbonyl (C=O) groups is 1. The van der Waals surface area contributed by atoms with E-state index < -0.39 is 0 Å². The average Bonchev–Trinajstić information content (AvgIpc) is 2.69. The maximum atomic E-state index is 11.9. The lowest BCUT2D eigenvalue weighted by molar-refractivity contribution is -0.133. The van der Waals surface area contributed by atoms with E-state index in [9.17, 15) is 9.90 Å². The number of rotatable bonds is 1. The summed E-state index contributed by atoms with van der Waals surface area (Å²) in [6.07, 6.45) is 0. The molecule has 0 spiro atoms. The molecule has 0 aromatic heterocycles. The summed E-state index contributed by atoms with van der Waals surface area (Å²) in [5.74, 6) is 0.207. The van der Waals surface area contributed by atoms with Crippen molar-refractivity contribution in [1.82, 2.24) is 0 Å². The summed E-state index contributed by atoms with van der Waals surface area (Å²) in [6.45, 7) is 1.81. The van der Waals surface area contributed by atoms with Gasteiger partial charge in [0.15, 0.2) is 0 Å². The highest BCUT2D eigenvalue weighted by atomic mass is 16.5. The van der Waals surface area contributed by atoms with E-state index in [1.807, 2.05) is 31.2 Å². The fourth-order valence-electron chi connectivity index (χ4n) is 2.28. The number of phenols is 1. The smallest absolute Gasteiger partial charge is 0.323 e. The summed E-state index contributed by atoms with van der Waals surface area (Å²) in [5.41, 5.74) is 2.48. The Morgan fingerprint density at radius 3 is 2.72 bits per heavy atom. The lowest BCUT2D eigenvalue weighted by atomic mass is 9.91. The summed E-state index contributed by atoms with van der Waals surface area (Å²) >= 11 is 0. The van der Waals surface area contributed by atoms with Gasteiger partial charge in [-0.1, -0.05) is 30.3 Å². The van der Waals surface area contributed by atoms with Crippen molar-refractivity contribution in [2.75, 3.05) is 0 Å². The predicted octanol–water partition coefficient (Wildman–Crippen LogP) is 2.75. The highest BCUT2D eigenvalue weighted by Crippen LogP contribution is 2.39. The number of carbonyl (C=O) groups excluding carboxylic acids is 1. The topological polar surface area (TPSA) is 46.5 Å². The summed E-state index contributed by atoms with van der Waals surface area (Å²) in [7, 11) is 0. The lowest BCUT2D eigenvalue weighted by Crippen LogP contribution is -2.11. The molecule has 1 aliphatic rings. The molecule has 0 bridgehead atoms. The molecule has 0 amide bonds. The van der Waals surface area contributed by atoms with Crippen LogP contribution < -0.4 is 4.74 Å². The van der Waals surface area contributed by atoms with Crippen molar-refractivity contribution in [3.8, 4) is 11.5 Å². The molecule has 1 N–H and O–H groups in total. The summed E-state index contributed by atoms with van der Waals surface area (Å²) < 4.78 is 5.24. The van der Waals surface area contributed by atoms with Crippen LogP contribution in [0, 0.1) is 6.92 Å². The second-order valence-electron chi connectivity index (χ2n) is 4.44. The number of aryl methyl sites for hydroxylation is 1. The molecule has 3 nitrogen and oxygen atoms in total. The third-order valence-electron chi connectivity index (χ3n) is 3.23. The second kappa shape index (κ2) is 3.88. The molecule has 3 heteroatoms. The number of esters is 1. The van der Waals surface area contributed by atoms with E-state index in [-0.39, 0.29) is 17.6 Å². The Balaban J connectivity index is 2.11. The Bertz CT molecular complexity index is 631. The van der Waals surface area contributed by atoms with Crippen molar-refractivity contribution in [3.05, 3.63) is 59.2 Å². The van der Waals surface area contributed by atoms with Crippen LogP contribution in [0.1, 0.15) is 22.6 Å². The normalized spacial score (nSPS) is 17.4. The van der Waals surface area contributed by atoms with Crippen LogP contribution in [0.5, 0.6) is 11.5 Å². The molecule has 1 atom stereocenters. The first kappa shape index (κ1) is 10.8. The third-order valence-corrected chi connectivity index (χ3v) is 3.23. The molecule has 1 heterocycles. The molecule has 3 rings (SSSR count). The molecule has 18 heavy (non-hydrogen) atoms. The zero-order valence-corrected chi connectivity index (χ0v) is 9.88. The van der Waals surface area contributed by atoms with Crippen molar-refractivity contribution in [2.24, 2.45) is 0 Å². The minimum Gasteiger partial charge on any atom is -0.508 e. The summed E-state index contributed by atoms with van der Waals surface area (Å²) in [4.78, 5) is 11.9. The number of ether oxygens (including phenoxy) is 1. The molecule has 0 fully saturated rings. The molecule has 0 aliphatic carbocycles. The van der Waals surface area contributed by atoms with E-state index in [2.05, 4.69) is 0 Å². The zero-order chi connectivity index (χ0) is 12.7. The molecule has 2 aromatic carbocycles. The largest absolute Gasteiger partial charge is 0.508 e. The molecule has 1 aliphatic heterocycles. The molecule has 2 aromatic rings. The first-order valence-corrected chi connectivity index (χ1v) is 5.77. The number of para-hydroxylation sites is 1. The number of aromatic hydroxyl groups is 1. The Labute approximate surface area is 105 Å². The number of benzene rings is 2. The van der Waals surface area contributed by atoms with Crippen LogP contribution in [-0.2, 0) is 4.79 Å². The lowest BCUT2D eigenvalue weighted by Gasteiger charge is -2.09. The SMILES string of the molecule is Cc1cc(C2C(=O)Oc3ccccc32)ccc1O. The van der Waals surface area contributed by atoms with Gasteiger partial charge >= 0.3 is 5.97 Å². The van der Waals surface area contributed by atoms with Crippen LogP contribution in [0.25, 0.3) is 0 Å². The van der Waals surface area contributed by atoms with Crippen LogP contribution in [0.4, 0.5) is 0 Å². The van der Waals surface area contributed by atoms with Gasteiger partial charge in [-0.2, -0.15) is 0 Å². The molecule has 0 radical (unpaired) electrons. The highest BCUT2D eigenvalue weighted by molar-refractivity contribution is 5.89. The van der Waals surface area contributed by atoms with Crippen molar-refractivity contribution >= 4 is 5.97 Å². The van der Waals surface area contributed by atoms with E-state index in [0.29, 0.717) is 5.75 Å². The quantitative estimate of drug-likeness (QED) is 0.615. The minimum absolute atomic E-state index is 0.235. The van der Waals surface area contributed by atoms with Crippen molar-refractivity contribution in [3.63, 3.8) is 0 Å². The van der Waals surface area contributed by atoms with Gasteiger partial charge in [0.2, 0.25) is 0 Å². The van der Waals surface area contributed by atoms with Crippen molar-refractivity contribution < 1.29 is 14.6 Å². The van der Waals surface area contributed by atoms with Crippen LogP contribution in [0.15, 0.2) is 42.5 Å². The van der Waals surface area contributed by atoms with Crippen molar-refractivity contribution in [1.29, 1.82) is 0 Å². The minimum atomic E-state index is -0.388. The van der Waals surface area contributed by atoms with Gasteiger partial charge in [0.1, 0.15) is 17.4 Å². The van der Waals surface area contributed by atoms with Crippen LogP contribution in [0.2, 0.25) is 0 Å². The third kappa shape index (κ3) is 1.56. The molecular weight excluding hydrogens is 228 g/mol. The van der Waals surface area contributed by atoms with E-state index in [1.54, 1.807) is 18.2 Å². The van der Waals surface area contributed by atoms with Crippen molar-refractivity contribution in [2.45, 2.75) is 12.8 Å². The number of phenolic OH excluding ortho intramolecular Hbond substituents is 1. The fourth-order valence-corrected chi connectivity index (χ4v) is 2.28. The van der Waals surface area contributed by atoms with Gasteiger partial charge in [-0.05, 0) is 30.2 Å². The Morgan fingerprint density at radius 2 is 1.94 bits per heavy atom. The Kier molecular flexibility index (Phi) is 2.33. The number of fused-ring (bicyclic) bond motifs is 1. The van der Waals surface area contributed by atoms with E-state index in [4.69, 9.17) is 4.74 Å². The second-order valence-corrected chi connectivity index (χ2v) is 4.44. The van der Waals surface area contributed by atoms with Crippen LogP contribution >= 0.6 is 0 Å². The predicted molar refractivity (Wildman–Crippen MR) is 66.8 cm³/mol. The monoisotopic (exact) mass is 240 g/mol. The standard InChI is InChI=1S/C15H12O3/c1-9-8-10(6-7-12(9)16)14-11-4-2-3-5-13(11)18-15(14)17/h2-8,14,16H,1H3. The van der Waals surface area contributed by atoms with Gasteiger partial charge in [0.25, 0.3) is 0 Å². The Hall–Kier alpha value is -2.29. The summed E-state index contributed by atoms with van der Waals surface area (Å²) in [5, 5.41) is 9.53. The van der Waals surface area contributed by atoms with Gasteiger partial charge in [-0.3, -0.25) is 4.79 Å². The molecule has 90 valence electrons. The maximum absolute atomic E-state index is 11.9. The summed E-state index contributed by atoms with van der Waals surface area (Å²) in [6, 6.07) is 12.6.